The van der Waals surface area contributed by atoms with Crippen LogP contribution in [0.4, 0.5) is 0 Å². The summed E-state index contributed by atoms with van der Waals surface area (Å²) in [6, 6.07) is 0.532. The zero-order valence-electron chi connectivity index (χ0n) is 21.5. The molecule has 4 fully saturated rings. The topological polar surface area (TPSA) is 69.9 Å². The first-order valence-electron chi connectivity index (χ1n) is 14.2. The van der Waals surface area contributed by atoms with Crippen molar-refractivity contribution in [2.45, 2.75) is 103 Å². The molecule has 1 spiro atoms. The fourth-order valence-corrected chi connectivity index (χ4v) is 10.1. The number of rotatable bonds is 0. The maximum absolute atomic E-state index is 12.5. The summed E-state index contributed by atoms with van der Waals surface area (Å²) < 4.78 is 7.04. The molecule has 1 aromatic heterocycles. The molecule has 1 aromatic rings. The van der Waals surface area contributed by atoms with Crippen LogP contribution in [0.15, 0.2) is 15.9 Å². The number of hydrogen-bond donors (Lipinski definition) is 3. The number of aromatic nitrogens is 2. The van der Waals surface area contributed by atoms with E-state index < -0.39 is 0 Å². The molecule has 5 nitrogen and oxygen atoms in total. The lowest BCUT2D eigenvalue weighted by Crippen LogP contribution is -2.49. The number of hydrogen-bond acceptors (Lipinski definition) is 3. The van der Waals surface area contributed by atoms with Crippen LogP contribution in [0.25, 0.3) is 0 Å². The van der Waals surface area contributed by atoms with Crippen LogP contribution in [0.2, 0.25) is 0 Å². The molecule has 2 saturated carbocycles. The van der Waals surface area contributed by atoms with Gasteiger partial charge in [-0.05, 0) is 106 Å². The van der Waals surface area contributed by atoms with Crippen molar-refractivity contribution in [3.8, 4) is 0 Å². The zero-order valence-corrected chi connectivity index (χ0v) is 21.5. The predicted octanol–water partition coefficient (Wildman–Crippen LogP) is 4.74. The Morgan fingerprint density at radius 2 is 1.91 bits per heavy atom. The second kappa shape index (κ2) is 7.35. The van der Waals surface area contributed by atoms with Crippen LogP contribution in [-0.2, 0) is 17.6 Å². The summed E-state index contributed by atoms with van der Waals surface area (Å²) in [5, 5.41) is 9.93. The van der Waals surface area contributed by atoms with Crippen LogP contribution in [-0.4, -0.2) is 34.5 Å². The second-order valence-electron chi connectivity index (χ2n) is 13.6. The maximum atomic E-state index is 12.5. The van der Waals surface area contributed by atoms with Crippen LogP contribution in [0.3, 0.4) is 0 Å². The average molecular weight is 466 g/mol. The van der Waals surface area contributed by atoms with Crippen LogP contribution < -0.4 is 10.9 Å². The van der Waals surface area contributed by atoms with Gasteiger partial charge in [-0.25, -0.2) is 0 Å². The molecular weight excluding hydrogens is 422 g/mol. The van der Waals surface area contributed by atoms with E-state index in [-0.39, 0.29) is 16.6 Å². The quantitative estimate of drug-likeness (QED) is 0.485. The molecule has 0 radical (unpaired) electrons. The van der Waals surface area contributed by atoms with E-state index >= 15 is 0 Å². The van der Waals surface area contributed by atoms with Gasteiger partial charge in [0.1, 0.15) is 0 Å². The molecule has 186 valence electrons. The molecule has 4 aliphatic carbocycles. The van der Waals surface area contributed by atoms with Crippen LogP contribution >= 0.6 is 0 Å². The highest BCUT2D eigenvalue weighted by Gasteiger charge is 2.59. The predicted molar refractivity (Wildman–Crippen MR) is 134 cm³/mol. The van der Waals surface area contributed by atoms with Gasteiger partial charge in [0.25, 0.3) is 5.56 Å². The number of ether oxygens (including phenoxy) is 1. The molecular formula is C29H43N3O2. The van der Waals surface area contributed by atoms with Crippen molar-refractivity contribution in [3.63, 3.8) is 0 Å². The van der Waals surface area contributed by atoms with Gasteiger partial charge >= 0.3 is 0 Å². The summed E-state index contributed by atoms with van der Waals surface area (Å²) in [5.41, 5.74) is 6.08. The third-order valence-electron chi connectivity index (χ3n) is 12.0. The molecule has 3 heterocycles. The van der Waals surface area contributed by atoms with Crippen molar-refractivity contribution in [2.75, 3.05) is 6.54 Å². The van der Waals surface area contributed by atoms with E-state index in [1.807, 2.05) is 0 Å². The van der Waals surface area contributed by atoms with Gasteiger partial charge in [0, 0.05) is 23.2 Å². The molecule has 0 aromatic carbocycles. The first-order valence-corrected chi connectivity index (χ1v) is 14.2. The lowest BCUT2D eigenvalue weighted by molar-refractivity contribution is -0.0733. The van der Waals surface area contributed by atoms with Gasteiger partial charge in [0.2, 0.25) is 0 Å². The highest BCUT2D eigenvalue weighted by Crippen LogP contribution is 2.64. The molecule has 7 rings (SSSR count). The van der Waals surface area contributed by atoms with Crippen molar-refractivity contribution in [3.05, 3.63) is 32.8 Å². The van der Waals surface area contributed by atoms with Crippen molar-refractivity contribution in [1.29, 1.82) is 0 Å². The molecule has 0 amide bonds. The molecule has 2 saturated heterocycles. The monoisotopic (exact) mass is 465 g/mol. The van der Waals surface area contributed by atoms with Gasteiger partial charge in [-0.3, -0.25) is 9.89 Å². The number of piperidine rings is 1. The van der Waals surface area contributed by atoms with E-state index in [0.717, 1.165) is 49.1 Å². The number of fused-ring (bicyclic) bond motifs is 7. The minimum atomic E-state index is 0.0303. The number of aromatic amines is 2. The van der Waals surface area contributed by atoms with Crippen LogP contribution in [0.5, 0.6) is 0 Å². The third kappa shape index (κ3) is 2.89. The van der Waals surface area contributed by atoms with Gasteiger partial charge in [0.05, 0.1) is 11.7 Å². The zero-order chi connectivity index (χ0) is 23.4. The van der Waals surface area contributed by atoms with E-state index in [0.29, 0.717) is 29.9 Å². The minimum Gasteiger partial charge on any atom is -0.369 e. The Morgan fingerprint density at radius 1 is 1.06 bits per heavy atom. The molecule has 0 bridgehead atoms. The lowest BCUT2D eigenvalue weighted by Gasteiger charge is -2.52. The molecule has 6 aliphatic rings. The average Bonchev–Trinajstić information content (AvgIpc) is 3.40. The summed E-state index contributed by atoms with van der Waals surface area (Å²) in [4.78, 5) is 12.5. The Bertz CT molecular complexity index is 1090. The van der Waals surface area contributed by atoms with E-state index in [9.17, 15) is 4.79 Å². The van der Waals surface area contributed by atoms with E-state index in [1.54, 1.807) is 11.1 Å². The molecule has 34 heavy (non-hydrogen) atoms. The van der Waals surface area contributed by atoms with Gasteiger partial charge < -0.3 is 15.2 Å². The standard InChI is InChI=1S/C29H43N3O2/c1-15-9-25-26(30-14-15)17(3)29(34-25)8-7-19-20-6-5-18-10-24-22(27(33)32-31-24)13-28(18,4)23(20)11-21(19)16(2)12-29/h15,17-20,23,25-26,30H,5-14H2,1-4H3,(H2,31,32,33). The fraction of sp³-hybridized carbons (Fsp3) is 0.828. The first kappa shape index (κ1) is 21.9. The Labute approximate surface area is 203 Å². The Hall–Kier alpha value is -1.33. The SMILES string of the molecule is CC1=C2CC3C(CCC4Cc5[nH][nH]c(=O)c5CC43C)C2CCC2(C1)OC1CC(C)CNC1C2C. The highest BCUT2D eigenvalue weighted by molar-refractivity contribution is 5.32. The Balaban J connectivity index is 1.19. The first-order chi connectivity index (χ1) is 16.3. The van der Waals surface area contributed by atoms with Gasteiger partial charge in [-0.1, -0.05) is 31.9 Å². The molecule has 5 heteroatoms. The van der Waals surface area contributed by atoms with Crippen molar-refractivity contribution < 1.29 is 4.74 Å². The Morgan fingerprint density at radius 3 is 2.76 bits per heavy atom. The number of H-pyrrole nitrogens is 2. The highest BCUT2D eigenvalue weighted by atomic mass is 16.5. The van der Waals surface area contributed by atoms with Crippen molar-refractivity contribution in [2.24, 2.45) is 40.9 Å². The largest absolute Gasteiger partial charge is 0.369 e. The summed E-state index contributed by atoms with van der Waals surface area (Å²) in [6.07, 6.45) is 11.2. The Kier molecular flexibility index (Phi) is 4.74. The van der Waals surface area contributed by atoms with E-state index in [4.69, 9.17) is 4.74 Å². The summed E-state index contributed by atoms with van der Waals surface area (Å²) in [5.74, 6) is 4.26. The fourth-order valence-electron chi connectivity index (χ4n) is 10.1. The molecule has 10 unspecified atom stereocenters. The number of allylic oxidation sites excluding steroid dienone is 1. The molecule has 3 N–H and O–H groups in total. The lowest BCUT2D eigenvalue weighted by atomic mass is 9.52. The van der Waals surface area contributed by atoms with Crippen LogP contribution in [0.1, 0.15) is 83.9 Å². The minimum absolute atomic E-state index is 0.0303. The van der Waals surface area contributed by atoms with Crippen molar-refractivity contribution >= 4 is 0 Å². The van der Waals surface area contributed by atoms with E-state index in [2.05, 4.69) is 43.2 Å². The maximum Gasteiger partial charge on any atom is 0.267 e. The van der Waals surface area contributed by atoms with Gasteiger partial charge in [-0.15, -0.1) is 0 Å². The van der Waals surface area contributed by atoms with Gasteiger partial charge in [0.15, 0.2) is 0 Å². The van der Waals surface area contributed by atoms with E-state index in [1.165, 1.54) is 44.2 Å². The van der Waals surface area contributed by atoms with Crippen LogP contribution in [0, 0.1) is 40.9 Å². The number of nitrogens with one attached hydrogen (secondary N) is 3. The summed E-state index contributed by atoms with van der Waals surface area (Å²) >= 11 is 0. The third-order valence-corrected chi connectivity index (χ3v) is 12.0. The second-order valence-corrected chi connectivity index (χ2v) is 13.6. The van der Waals surface area contributed by atoms with Crippen molar-refractivity contribution in [1.82, 2.24) is 15.5 Å². The smallest absolute Gasteiger partial charge is 0.267 e. The summed E-state index contributed by atoms with van der Waals surface area (Å²) in [6.45, 7) is 10.9. The normalized spacial score (nSPS) is 49.8. The van der Waals surface area contributed by atoms with Gasteiger partial charge in [-0.2, -0.15) is 0 Å². The summed E-state index contributed by atoms with van der Waals surface area (Å²) in [7, 11) is 0. The molecule has 2 aliphatic heterocycles. The molecule has 10 atom stereocenters.